The molecule has 0 radical (unpaired) electrons. The lowest BCUT2D eigenvalue weighted by molar-refractivity contribution is 0.0600. The predicted molar refractivity (Wildman–Crippen MR) is 94.9 cm³/mol. The Morgan fingerprint density at radius 3 is 2.88 bits per heavy atom. The molecule has 3 nitrogen and oxygen atoms in total. The second-order valence-corrected chi connectivity index (χ2v) is 5.94. The second-order valence-electron chi connectivity index (χ2n) is 5.94. The second kappa shape index (κ2) is 5.93. The van der Waals surface area contributed by atoms with Gasteiger partial charge in [0.05, 0.1) is 18.2 Å². The monoisotopic (exact) mass is 315 g/mol. The third-order valence-corrected chi connectivity index (χ3v) is 4.48. The zero-order valence-corrected chi connectivity index (χ0v) is 13.5. The molecule has 1 aromatic heterocycles. The lowest BCUT2D eigenvalue weighted by atomic mass is 9.86. The fourth-order valence-corrected chi connectivity index (χ4v) is 3.26. The Morgan fingerprint density at radius 2 is 2.00 bits per heavy atom. The van der Waals surface area contributed by atoms with Crippen LogP contribution in [-0.2, 0) is 11.2 Å². The fraction of sp³-hybridized carbons (Fsp3) is 0.143. The van der Waals surface area contributed by atoms with Crippen LogP contribution in [-0.4, -0.2) is 18.1 Å². The average molecular weight is 315 g/mol. The molecule has 118 valence electrons. The Kier molecular flexibility index (Phi) is 3.62. The average Bonchev–Trinajstić information content (AvgIpc) is 2.66. The van der Waals surface area contributed by atoms with E-state index in [4.69, 9.17) is 4.74 Å². The van der Waals surface area contributed by atoms with Gasteiger partial charge in [-0.2, -0.15) is 0 Å². The van der Waals surface area contributed by atoms with Gasteiger partial charge in [0.1, 0.15) is 0 Å². The molecule has 1 aliphatic carbocycles. The molecule has 0 aliphatic heterocycles. The molecule has 0 saturated heterocycles. The van der Waals surface area contributed by atoms with Crippen LogP contribution in [0.1, 0.15) is 33.5 Å². The summed E-state index contributed by atoms with van der Waals surface area (Å²) in [5.74, 6) is -0.306. The first-order valence-corrected chi connectivity index (χ1v) is 8.03. The van der Waals surface area contributed by atoms with Gasteiger partial charge in [0.25, 0.3) is 0 Å². The summed E-state index contributed by atoms with van der Waals surface area (Å²) in [6.45, 7) is 0. The number of fused-ring (bicyclic) bond motifs is 2. The molecule has 0 saturated carbocycles. The van der Waals surface area contributed by atoms with Crippen LogP contribution in [0.4, 0.5) is 0 Å². The molecule has 4 rings (SSSR count). The van der Waals surface area contributed by atoms with Crippen molar-refractivity contribution in [3.8, 4) is 0 Å². The molecule has 24 heavy (non-hydrogen) atoms. The van der Waals surface area contributed by atoms with Gasteiger partial charge in [-0.1, -0.05) is 30.3 Å². The number of para-hydroxylation sites is 1. The summed E-state index contributed by atoms with van der Waals surface area (Å²) >= 11 is 0. The summed E-state index contributed by atoms with van der Waals surface area (Å²) in [7, 11) is 1.41. The Labute approximate surface area is 140 Å². The summed E-state index contributed by atoms with van der Waals surface area (Å²) in [6.07, 6.45) is 6.12. The van der Waals surface area contributed by atoms with Crippen molar-refractivity contribution < 1.29 is 9.53 Å². The summed E-state index contributed by atoms with van der Waals surface area (Å²) in [5.41, 5.74) is 6.14. The van der Waals surface area contributed by atoms with E-state index in [-0.39, 0.29) is 5.97 Å². The number of aromatic nitrogens is 1. The number of ether oxygens (including phenoxy) is 1. The van der Waals surface area contributed by atoms with Crippen molar-refractivity contribution in [3.05, 3.63) is 83.1 Å². The van der Waals surface area contributed by atoms with E-state index in [0.717, 1.165) is 40.4 Å². The van der Waals surface area contributed by atoms with Gasteiger partial charge < -0.3 is 4.74 Å². The molecule has 0 N–H and O–H groups in total. The molecule has 0 unspecified atom stereocenters. The lowest BCUT2D eigenvalue weighted by Gasteiger charge is -2.19. The summed E-state index contributed by atoms with van der Waals surface area (Å²) < 4.78 is 4.86. The zero-order valence-electron chi connectivity index (χ0n) is 13.5. The molecule has 1 heterocycles. The highest BCUT2D eigenvalue weighted by Gasteiger charge is 2.17. The molecular formula is C21H17NO2. The molecule has 3 heteroatoms. The van der Waals surface area contributed by atoms with E-state index in [0.29, 0.717) is 5.56 Å². The van der Waals surface area contributed by atoms with Crippen LogP contribution in [0.3, 0.4) is 0 Å². The number of esters is 1. The normalized spacial score (nSPS) is 13.3. The number of hydrogen-bond acceptors (Lipinski definition) is 3. The standard InChI is InChI=1S/C21H17NO2/c1-24-21(23)16-10-9-14-6-4-7-18(19(14)12-16)17-11-15-5-2-3-8-20(15)22-13-17/h2-3,5,7-13H,4,6H2,1H3. The van der Waals surface area contributed by atoms with Crippen LogP contribution in [0, 0.1) is 0 Å². The van der Waals surface area contributed by atoms with Crippen LogP contribution in [0.2, 0.25) is 0 Å². The first-order valence-electron chi connectivity index (χ1n) is 8.03. The van der Waals surface area contributed by atoms with Crippen molar-refractivity contribution in [1.82, 2.24) is 4.98 Å². The maximum atomic E-state index is 11.9. The highest BCUT2D eigenvalue weighted by Crippen LogP contribution is 2.33. The van der Waals surface area contributed by atoms with Crippen molar-refractivity contribution >= 4 is 22.4 Å². The van der Waals surface area contributed by atoms with Crippen LogP contribution in [0.5, 0.6) is 0 Å². The number of methoxy groups -OCH3 is 1. The Balaban J connectivity index is 1.84. The van der Waals surface area contributed by atoms with Crippen molar-refractivity contribution in [1.29, 1.82) is 0 Å². The minimum absolute atomic E-state index is 0.306. The SMILES string of the molecule is COC(=O)c1ccc2c(c1)C(c1cnc3ccccc3c1)=CCC2. The number of aryl methyl sites for hydroxylation is 1. The van der Waals surface area contributed by atoms with Gasteiger partial charge >= 0.3 is 5.97 Å². The van der Waals surface area contributed by atoms with Crippen LogP contribution in [0.25, 0.3) is 16.5 Å². The number of nitrogens with zero attached hydrogens (tertiary/aromatic N) is 1. The van der Waals surface area contributed by atoms with E-state index in [1.165, 1.54) is 12.7 Å². The summed E-state index contributed by atoms with van der Waals surface area (Å²) in [4.78, 5) is 16.4. The van der Waals surface area contributed by atoms with Gasteiger partial charge in [-0.3, -0.25) is 4.98 Å². The third kappa shape index (κ3) is 2.48. The van der Waals surface area contributed by atoms with Gasteiger partial charge in [0, 0.05) is 17.1 Å². The van der Waals surface area contributed by atoms with Crippen molar-refractivity contribution in [3.63, 3.8) is 0 Å². The highest BCUT2D eigenvalue weighted by atomic mass is 16.5. The number of carbonyl (C=O) groups is 1. The number of benzene rings is 2. The zero-order chi connectivity index (χ0) is 16.5. The minimum atomic E-state index is -0.306. The van der Waals surface area contributed by atoms with E-state index in [9.17, 15) is 4.79 Å². The third-order valence-electron chi connectivity index (χ3n) is 4.48. The molecule has 2 aromatic carbocycles. The number of carbonyl (C=O) groups excluding carboxylic acids is 1. The molecule has 1 aliphatic rings. The maximum Gasteiger partial charge on any atom is 0.337 e. The quantitative estimate of drug-likeness (QED) is 0.658. The molecule has 0 amide bonds. The Morgan fingerprint density at radius 1 is 1.12 bits per heavy atom. The number of allylic oxidation sites excluding steroid dienone is 1. The fourth-order valence-electron chi connectivity index (χ4n) is 3.26. The smallest absolute Gasteiger partial charge is 0.337 e. The Hall–Kier alpha value is -2.94. The number of pyridine rings is 1. The van der Waals surface area contributed by atoms with E-state index < -0.39 is 0 Å². The number of hydrogen-bond donors (Lipinski definition) is 0. The van der Waals surface area contributed by atoms with E-state index >= 15 is 0 Å². The van der Waals surface area contributed by atoms with Gasteiger partial charge in [-0.05, 0) is 53.8 Å². The van der Waals surface area contributed by atoms with Gasteiger partial charge in [0.15, 0.2) is 0 Å². The first-order chi connectivity index (χ1) is 11.8. The van der Waals surface area contributed by atoms with Crippen molar-refractivity contribution in [2.75, 3.05) is 7.11 Å². The van der Waals surface area contributed by atoms with Crippen LogP contribution < -0.4 is 0 Å². The van der Waals surface area contributed by atoms with E-state index in [2.05, 4.69) is 23.2 Å². The summed E-state index contributed by atoms with van der Waals surface area (Å²) in [6, 6.07) is 16.1. The van der Waals surface area contributed by atoms with Gasteiger partial charge in [0.2, 0.25) is 0 Å². The lowest BCUT2D eigenvalue weighted by Crippen LogP contribution is -2.06. The van der Waals surface area contributed by atoms with E-state index in [1.807, 2.05) is 42.6 Å². The molecule has 0 atom stereocenters. The highest BCUT2D eigenvalue weighted by molar-refractivity contribution is 5.93. The summed E-state index contributed by atoms with van der Waals surface area (Å²) in [5, 5.41) is 1.12. The van der Waals surface area contributed by atoms with Gasteiger partial charge in [-0.15, -0.1) is 0 Å². The minimum Gasteiger partial charge on any atom is -0.465 e. The number of rotatable bonds is 2. The van der Waals surface area contributed by atoms with E-state index in [1.54, 1.807) is 0 Å². The molecule has 3 aromatic rings. The first kappa shape index (κ1) is 14.6. The molecular weight excluding hydrogens is 298 g/mol. The largest absolute Gasteiger partial charge is 0.465 e. The van der Waals surface area contributed by atoms with Crippen molar-refractivity contribution in [2.45, 2.75) is 12.8 Å². The topological polar surface area (TPSA) is 39.2 Å². The van der Waals surface area contributed by atoms with Crippen LogP contribution in [0.15, 0.2) is 60.8 Å². The maximum absolute atomic E-state index is 11.9. The molecule has 0 fully saturated rings. The van der Waals surface area contributed by atoms with Crippen LogP contribution >= 0.6 is 0 Å². The predicted octanol–water partition coefficient (Wildman–Crippen LogP) is 4.40. The molecule has 0 spiro atoms. The van der Waals surface area contributed by atoms with Gasteiger partial charge in [-0.25, -0.2) is 4.79 Å². The molecule has 0 bridgehead atoms. The Bertz CT molecular complexity index is 972. The van der Waals surface area contributed by atoms with Crippen molar-refractivity contribution in [2.24, 2.45) is 0 Å².